The number of fused-ring (bicyclic) bond motifs is 1. The molecule has 1 aliphatic heterocycles. The topological polar surface area (TPSA) is 81.0 Å². The van der Waals surface area contributed by atoms with Crippen LogP contribution in [0.4, 0.5) is 0 Å². The second-order valence-electron chi connectivity index (χ2n) is 10.2. The third kappa shape index (κ3) is 5.66. The van der Waals surface area contributed by atoms with Crippen molar-refractivity contribution in [3.05, 3.63) is 83.3 Å². The molecule has 5 rings (SSSR count). The lowest BCUT2D eigenvalue weighted by Crippen LogP contribution is -2.46. The van der Waals surface area contributed by atoms with Crippen LogP contribution in [0.5, 0.6) is 11.5 Å². The van der Waals surface area contributed by atoms with Crippen LogP contribution in [0.25, 0.3) is 0 Å². The molecule has 194 valence electrons. The predicted molar refractivity (Wildman–Crippen MR) is 139 cm³/mol. The summed E-state index contributed by atoms with van der Waals surface area (Å²) in [5.74, 6) is 1.33. The highest BCUT2D eigenvalue weighted by molar-refractivity contribution is 5.96. The van der Waals surface area contributed by atoms with Gasteiger partial charge in [-0.1, -0.05) is 63.4 Å². The number of rotatable bonds is 8. The molecule has 1 unspecified atom stereocenters. The molecule has 2 aliphatic rings. The maximum absolute atomic E-state index is 13.9. The summed E-state index contributed by atoms with van der Waals surface area (Å²) in [7, 11) is 0. The van der Waals surface area contributed by atoms with Crippen LogP contribution in [0.15, 0.2) is 65.3 Å². The first-order valence-electron chi connectivity index (χ1n) is 13.1. The third-order valence-corrected chi connectivity index (χ3v) is 7.21. The van der Waals surface area contributed by atoms with Gasteiger partial charge in [0, 0.05) is 12.6 Å². The van der Waals surface area contributed by atoms with Crippen molar-refractivity contribution in [2.24, 2.45) is 0 Å². The summed E-state index contributed by atoms with van der Waals surface area (Å²) in [6, 6.07) is 16.2. The van der Waals surface area contributed by atoms with Crippen molar-refractivity contribution in [1.82, 2.24) is 10.2 Å². The lowest BCUT2D eigenvalue weighted by atomic mass is 9.94. The third-order valence-electron chi connectivity index (χ3n) is 7.21. The molecule has 0 saturated heterocycles. The summed E-state index contributed by atoms with van der Waals surface area (Å²) in [5, 5.41) is 3.25. The van der Waals surface area contributed by atoms with Crippen molar-refractivity contribution < 1.29 is 23.5 Å². The molecule has 7 heteroatoms. The Balaban J connectivity index is 1.52. The van der Waals surface area contributed by atoms with E-state index < -0.39 is 6.04 Å². The first kappa shape index (κ1) is 24.9. The van der Waals surface area contributed by atoms with Gasteiger partial charge in [0.2, 0.25) is 12.7 Å². The minimum atomic E-state index is -0.828. The molecule has 1 aliphatic carbocycles. The number of nitrogens with zero attached hydrogens (tertiary/aromatic N) is 1. The van der Waals surface area contributed by atoms with E-state index >= 15 is 0 Å². The molecule has 1 fully saturated rings. The summed E-state index contributed by atoms with van der Waals surface area (Å²) in [4.78, 5) is 29.4. The van der Waals surface area contributed by atoms with Gasteiger partial charge in [-0.25, -0.2) is 0 Å². The molecule has 1 saturated carbocycles. The smallest absolute Gasteiger partial charge is 0.290 e. The fraction of sp³-hybridized carbons (Fsp3) is 0.400. The number of carbonyl (C=O) groups excluding carboxylic acids is 2. The van der Waals surface area contributed by atoms with Crippen LogP contribution in [0.2, 0.25) is 0 Å². The Morgan fingerprint density at radius 2 is 1.68 bits per heavy atom. The zero-order valence-corrected chi connectivity index (χ0v) is 21.4. The van der Waals surface area contributed by atoms with E-state index in [-0.39, 0.29) is 37.0 Å². The Labute approximate surface area is 217 Å². The SMILES string of the molecule is CC(C)c1ccc(C(C(=O)NC2CCCCC2)N(Cc2ccc3c(c2)OCO3)C(=O)c2ccco2)cc1. The largest absolute Gasteiger partial charge is 0.459 e. The van der Waals surface area contributed by atoms with Gasteiger partial charge in [-0.2, -0.15) is 0 Å². The van der Waals surface area contributed by atoms with E-state index in [1.54, 1.807) is 17.0 Å². The maximum atomic E-state index is 13.9. The quantitative estimate of drug-likeness (QED) is 0.411. The van der Waals surface area contributed by atoms with E-state index in [2.05, 4.69) is 19.2 Å². The highest BCUT2D eigenvalue weighted by Gasteiger charge is 2.35. The summed E-state index contributed by atoms with van der Waals surface area (Å²) < 4.78 is 16.5. The van der Waals surface area contributed by atoms with Crippen LogP contribution >= 0.6 is 0 Å². The second-order valence-corrected chi connectivity index (χ2v) is 10.2. The molecule has 1 atom stereocenters. The number of hydrogen-bond donors (Lipinski definition) is 1. The minimum absolute atomic E-state index is 0.116. The molecular weight excluding hydrogens is 468 g/mol. The average molecular weight is 503 g/mol. The summed E-state index contributed by atoms with van der Waals surface area (Å²) in [5.41, 5.74) is 2.77. The molecule has 1 N–H and O–H groups in total. The molecule has 3 aromatic rings. The highest BCUT2D eigenvalue weighted by atomic mass is 16.7. The zero-order valence-electron chi connectivity index (χ0n) is 21.4. The number of benzene rings is 2. The van der Waals surface area contributed by atoms with Gasteiger partial charge in [-0.3, -0.25) is 9.59 Å². The number of furan rings is 1. The lowest BCUT2D eigenvalue weighted by molar-refractivity contribution is -0.127. The first-order chi connectivity index (χ1) is 18.0. The standard InChI is InChI=1S/C30H34N2O5/c1-20(2)22-11-13-23(14-12-22)28(29(33)31-24-7-4-3-5-8-24)32(30(34)26-9-6-16-35-26)18-21-10-15-25-27(17-21)37-19-36-25/h6,9-17,20,24,28H,3-5,7-8,18-19H2,1-2H3,(H,31,33). The Kier molecular flexibility index (Phi) is 7.49. The van der Waals surface area contributed by atoms with Crippen LogP contribution < -0.4 is 14.8 Å². The van der Waals surface area contributed by atoms with Crippen LogP contribution in [-0.2, 0) is 11.3 Å². The summed E-state index contributed by atoms with van der Waals surface area (Å²) in [6.45, 7) is 4.64. The Morgan fingerprint density at radius 3 is 2.38 bits per heavy atom. The van der Waals surface area contributed by atoms with Gasteiger partial charge in [-0.05, 0) is 59.7 Å². The molecule has 2 amide bonds. The van der Waals surface area contributed by atoms with Crippen LogP contribution in [0.1, 0.15) is 85.2 Å². The van der Waals surface area contributed by atoms with Gasteiger partial charge in [-0.15, -0.1) is 0 Å². The summed E-state index contributed by atoms with van der Waals surface area (Å²) in [6.07, 6.45) is 6.79. The van der Waals surface area contributed by atoms with Crippen molar-refractivity contribution in [1.29, 1.82) is 0 Å². The monoisotopic (exact) mass is 502 g/mol. The normalized spacial score (nSPS) is 16.0. The lowest BCUT2D eigenvalue weighted by Gasteiger charge is -2.33. The number of nitrogens with one attached hydrogen (secondary N) is 1. The number of hydrogen-bond acceptors (Lipinski definition) is 5. The van der Waals surface area contributed by atoms with Gasteiger partial charge in [0.05, 0.1) is 6.26 Å². The molecule has 0 radical (unpaired) electrons. The van der Waals surface area contributed by atoms with Crippen molar-refractivity contribution in [2.75, 3.05) is 6.79 Å². The molecule has 1 aromatic heterocycles. The van der Waals surface area contributed by atoms with Gasteiger partial charge in [0.15, 0.2) is 17.3 Å². The number of carbonyl (C=O) groups is 2. The summed E-state index contributed by atoms with van der Waals surface area (Å²) >= 11 is 0. The molecule has 2 heterocycles. The highest BCUT2D eigenvalue weighted by Crippen LogP contribution is 2.34. The first-order valence-corrected chi connectivity index (χ1v) is 13.1. The van der Waals surface area contributed by atoms with Crippen LogP contribution in [-0.4, -0.2) is 29.5 Å². The number of ether oxygens (including phenoxy) is 2. The van der Waals surface area contributed by atoms with Gasteiger partial charge in [0.1, 0.15) is 6.04 Å². The number of amides is 2. The van der Waals surface area contributed by atoms with E-state index in [1.165, 1.54) is 18.2 Å². The van der Waals surface area contributed by atoms with Gasteiger partial charge < -0.3 is 24.1 Å². The van der Waals surface area contributed by atoms with E-state index in [1.807, 2.05) is 42.5 Å². The van der Waals surface area contributed by atoms with Crippen LogP contribution in [0.3, 0.4) is 0 Å². The van der Waals surface area contributed by atoms with E-state index in [0.29, 0.717) is 17.4 Å². The van der Waals surface area contributed by atoms with E-state index in [4.69, 9.17) is 13.9 Å². The van der Waals surface area contributed by atoms with Crippen LogP contribution in [0, 0.1) is 0 Å². The maximum Gasteiger partial charge on any atom is 0.290 e. The van der Waals surface area contributed by atoms with Crippen molar-refractivity contribution in [3.8, 4) is 11.5 Å². The second kappa shape index (κ2) is 11.1. The van der Waals surface area contributed by atoms with E-state index in [9.17, 15) is 9.59 Å². The van der Waals surface area contributed by atoms with Gasteiger partial charge in [0.25, 0.3) is 5.91 Å². The fourth-order valence-electron chi connectivity index (χ4n) is 5.12. The van der Waals surface area contributed by atoms with Gasteiger partial charge >= 0.3 is 0 Å². The fourth-order valence-corrected chi connectivity index (χ4v) is 5.12. The van der Waals surface area contributed by atoms with Crippen molar-refractivity contribution in [2.45, 2.75) is 70.5 Å². The Morgan fingerprint density at radius 1 is 0.946 bits per heavy atom. The molecule has 0 bridgehead atoms. The Hall–Kier alpha value is -3.74. The van der Waals surface area contributed by atoms with Crippen molar-refractivity contribution in [3.63, 3.8) is 0 Å². The Bertz CT molecular complexity index is 1210. The predicted octanol–water partition coefficient (Wildman–Crippen LogP) is 5.96. The molecular formula is C30H34N2O5. The average Bonchev–Trinajstić information content (AvgIpc) is 3.61. The zero-order chi connectivity index (χ0) is 25.8. The minimum Gasteiger partial charge on any atom is -0.459 e. The van der Waals surface area contributed by atoms with Crippen molar-refractivity contribution >= 4 is 11.8 Å². The molecule has 7 nitrogen and oxygen atoms in total. The molecule has 0 spiro atoms. The van der Waals surface area contributed by atoms with E-state index in [0.717, 1.165) is 36.8 Å². The molecule has 37 heavy (non-hydrogen) atoms. The molecule has 2 aromatic carbocycles.